The molecule has 5 heteroatoms. The normalized spacial score (nSPS) is 28.9. The molecule has 2 saturated carbocycles. The van der Waals surface area contributed by atoms with Crippen molar-refractivity contribution in [1.29, 1.82) is 0 Å². The molecule has 2 aliphatic carbocycles. The van der Waals surface area contributed by atoms with E-state index in [0.717, 1.165) is 30.0 Å². The number of nitrogens with zero attached hydrogens (tertiary/aromatic N) is 4. The molecule has 21 heavy (non-hydrogen) atoms. The number of likely N-dealkylation sites (tertiary alicyclic amines) is 1. The van der Waals surface area contributed by atoms with Crippen molar-refractivity contribution in [3.8, 4) is 0 Å². The number of carbonyl (C=O) groups is 1. The monoisotopic (exact) mass is 288 g/mol. The maximum absolute atomic E-state index is 12.8. The predicted octanol–water partition coefficient (Wildman–Crippen LogP) is 2.43. The zero-order valence-electron chi connectivity index (χ0n) is 13.1. The number of carbonyl (C=O) groups excluding carboxylic acids is 1. The molecule has 2 atom stereocenters. The van der Waals surface area contributed by atoms with Crippen LogP contribution in [0.5, 0.6) is 0 Å². The molecule has 1 saturated heterocycles. The van der Waals surface area contributed by atoms with Crippen LogP contribution in [0.15, 0.2) is 0 Å². The van der Waals surface area contributed by atoms with Gasteiger partial charge in [0.1, 0.15) is 0 Å². The molecule has 1 aromatic rings. The summed E-state index contributed by atoms with van der Waals surface area (Å²) < 4.78 is 1.84. The number of aromatic nitrogens is 3. The molecule has 3 aliphatic rings. The van der Waals surface area contributed by atoms with Gasteiger partial charge in [-0.3, -0.25) is 4.79 Å². The summed E-state index contributed by atoms with van der Waals surface area (Å²) in [5.74, 6) is 2.52. The van der Waals surface area contributed by atoms with Crippen molar-refractivity contribution in [2.75, 3.05) is 6.54 Å². The van der Waals surface area contributed by atoms with Gasteiger partial charge in [-0.15, -0.1) is 5.10 Å². The number of hydrogen-bond donors (Lipinski definition) is 0. The van der Waals surface area contributed by atoms with Crippen LogP contribution in [0.1, 0.15) is 61.8 Å². The van der Waals surface area contributed by atoms with Crippen molar-refractivity contribution < 1.29 is 4.79 Å². The van der Waals surface area contributed by atoms with E-state index in [-0.39, 0.29) is 11.9 Å². The molecule has 0 radical (unpaired) electrons. The Kier molecular flexibility index (Phi) is 2.88. The molecule has 3 fully saturated rings. The third-order valence-electron chi connectivity index (χ3n) is 5.42. The van der Waals surface area contributed by atoms with E-state index in [1.807, 2.05) is 11.6 Å². The first-order chi connectivity index (χ1) is 10.1. The van der Waals surface area contributed by atoms with Crippen LogP contribution in [0.25, 0.3) is 0 Å². The van der Waals surface area contributed by atoms with Crippen LogP contribution in [0.2, 0.25) is 0 Å². The fourth-order valence-corrected chi connectivity index (χ4v) is 3.93. The van der Waals surface area contributed by atoms with E-state index in [1.165, 1.54) is 25.7 Å². The zero-order chi connectivity index (χ0) is 14.7. The Balaban J connectivity index is 1.54. The third-order valence-corrected chi connectivity index (χ3v) is 5.42. The first kappa shape index (κ1) is 13.3. The highest BCUT2D eigenvalue weighted by atomic mass is 16.2. The smallest absolute Gasteiger partial charge is 0.276 e. The minimum Gasteiger partial charge on any atom is -0.333 e. The lowest BCUT2D eigenvalue weighted by atomic mass is 9.81. The fourth-order valence-electron chi connectivity index (χ4n) is 3.93. The SMILES string of the molecule is Cc1c(C(=O)N2CC(C3CC3)C2C2CC2)nnn1C(C)C. The quantitative estimate of drug-likeness (QED) is 0.855. The summed E-state index contributed by atoms with van der Waals surface area (Å²) >= 11 is 0. The van der Waals surface area contributed by atoms with Gasteiger partial charge in [-0.25, -0.2) is 4.68 Å². The van der Waals surface area contributed by atoms with Gasteiger partial charge in [-0.2, -0.15) is 0 Å². The third kappa shape index (κ3) is 2.09. The summed E-state index contributed by atoms with van der Waals surface area (Å²) in [6.07, 6.45) is 5.35. The Bertz CT molecular complexity index is 571. The summed E-state index contributed by atoms with van der Waals surface area (Å²) in [5.41, 5.74) is 1.46. The lowest BCUT2D eigenvalue weighted by molar-refractivity contribution is -0.00254. The Morgan fingerprint density at radius 2 is 1.86 bits per heavy atom. The van der Waals surface area contributed by atoms with E-state index in [9.17, 15) is 4.79 Å². The van der Waals surface area contributed by atoms with Crippen molar-refractivity contribution in [3.05, 3.63) is 11.4 Å². The summed E-state index contributed by atoms with van der Waals surface area (Å²) in [4.78, 5) is 14.9. The molecule has 1 aromatic heterocycles. The molecule has 4 rings (SSSR count). The van der Waals surface area contributed by atoms with Gasteiger partial charge >= 0.3 is 0 Å². The van der Waals surface area contributed by atoms with Crippen LogP contribution >= 0.6 is 0 Å². The van der Waals surface area contributed by atoms with Crippen LogP contribution in [0.4, 0.5) is 0 Å². The summed E-state index contributed by atoms with van der Waals surface area (Å²) in [6, 6.07) is 0.738. The summed E-state index contributed by atoms with van der Waals surface area (Å²) in [5, 5.41) is 8.31. The maximum atomic E-state index is 12.8. The van der Waals surface area contributed by atoms with E-state index in [0.29, 0.717) is 11.7 Å². The summed E-state index contributed by atoms with van der Waals surface area (Å²) in [7, 11) is 0. The highest BCUT2D eigenvalue weighted by molar-refractivity contribution is 5.94. The average Bonchev–Trinajstić information content (AvgIpc) is 3.29. The van der Waals surface area contributed by atoms with Crippen molar-refractivity contribution >= 4 is 5.91 Å². The lowest BCUT2D eigenvalue weighted by Gasteiger charge is -2.49. The van der Waals surface area contributed by atoms with Crippen LogP contribution < -0.4 is 0 Å². The minimum absolute atomic E-state index is 0.105. The van der Waals surface area contributed by atoms with Gasteiger partial charge in [0.2, 0.25) is 0 Å². The number of rotatable bonds is 4. The summed E-state index contributed by atoms with van der Waals surface area (Å²) in [6.45, 7) is 7.03. The largest absolute Gasteiger partial charge is 0.333 e. The number of amides is 1. The second kappa shape index (κ2) is 4.55. The minimum atomic E-state index is 0.105. The second-order valence-electron chi connectivity index (χ2n) is 7.35. The highest BCUT2D eigenvalue weighted by Gasteiger charge is 2.54. The van der Waals surface area contributed by atoms with E-state index >= 15 is 0 Å². The molecular weight excluding hydrogens is 264 g/mol. The van der Waals surface area contributed by atoms with Gasteiger partial charge < -0.3 is 4.90 Å². The zero-order valence-corrected chi connectivity index (χ0v) is 13.1. The molecule has 2 unspecified atom stereocenters. The standard InChI is InChI=1S/C16H24N4O/c1-9(2)20-10(3)14(17-18-20)16(21)19-8-13(11-4-5-11)15(19)12-6-7-12/h9,11-13,15H,4-8H2,1-3H3. The second-order valence-corrected chi connectivity index (χ2v) is 7.35. The van der Waals surface area contributed by atoms with E-state index in [2.05, 4.69) is 29.1 Å². The van der Waals surface area contributed by atoms with E-state index < -0.39 is 0 Å². The molecule has 1 aliphatic heterocycles. The van der Waals surface area contributed by atoms with Gasteiger partial charge in [-0.05, 0) is 58.3 Å². The van der Waals surface area contributed by atoms with Crippen molar-refractivity contribution in [1.82, 2.24) is 19.9 Å². The molecule has 0 spiro atoms. The first-order valence-corrected chi connectivity index (χ1v) is 8.30. The maximum Gasteiger partial charge on any atom is 0.276 e. The fraction of sp³-hybridized carbons (Fsp3) is 0.812. The van der Waals surface area contributed by atoms with Gasteiger partial charge in [-0.1, -0.05) is 5.21 Å². The van der Waals surface area contributed by atoms with Crippen molar-refractivity contribution in [3.63, 3.8) is 0 Å². The number of hydrogen-bond acceptors (Lipinski definition) is 3. The van der Waals surface area contributed by atoms with E-state index in [1.54, 1.807) is 0 Å². The molecular formula is C16H24N4O. The molecule has 1 amide bonds. The Labute approximate surface area is 125 Å². The van der Waals surface area contributed by atoms with E-state index in [4.69, 9.17) is 0 Å². The van der Waals surface area contributed by atoms with Crippen molar-refractivity contribution in [2.45, 2.75) is 58.5 Å². The Morgan fingerprint density at radius 3 is 2.38 bits per heavy atom. The topological polar surface area (TPSA) is 51.0 Å². The molecule has 114 valence electrons. The predicted molar refractivity (Wildman–Crippen MR) is 78.9 cm³/mol. The van der Waals surface area contributed by atoms with Crippen LogP contribution in [0, 0.1) is 24.7 Å². The molecule has 5 nitrogen and oxygen atoms in total. The molecule has 0 N–H and O–H groups in total. The molecule has 0 bridgehead atoms. The lowest BCUT2D eigenvalue weighted by Crippen LogP contribution is -2.60. The van der Waals surface area contributed by atoms with Gasteiger partial charge in [0, 0.05) is 24.5 Å². The van der Waals surface area contributed by atoms with Crippen molar-refractivity contribution in [2.24, 2.45) is 17.8 Å². The van der Waals surface area contributed by atoms with Gasteiger partial charge in [0.05, 0.1) is 5.69 Å². The molecule has 0 aromatic carbocycles. The highest BCUT2D eigenvalue weighted by Crippen LogP contribution is 2.52. The Morgan fingerprint density at radius 1 is 1.19 bits per heavy atom. The van der Waals surface area contributed by atoms with Crippen LogP contribution in [0.3, 0.4) is 0 Å². The average molecular weight is 288 g/mol. The van der Waals surface area contributed by atoms with Crippen LogP contribution in [-0.4, -0.2) is 38.4 Å². The Hall–Kier alpha value is -1.39. The van der Waals surface area contributed by atoms with Gasteiger partial charge in [0.25, 0.3) is 5.91 Å². The van der Waals surface area contributed by atoms with Crippen LogP contribution in [-0.2, 0) is 0 Å². The first-order valence-electron chi connectivity index (χ1n) is 8.30. The molecule has 2 heterocycles. The van der Waals surface area contributed by atoms with Gasteiger partial charge in [0.15, 0.2) is 5.69 Å².